The van der Waals surface area contributed by atoms with Gasteiger partial charge in [-0.3, -0.25) is 4.68 Å². The summed E-state index contributed by atoms with van der Waals surface area (Å²) in [7, 11) is 0. The molecule has 0 spiro atoms. The molecule has 1 aromatic carbocycles. The van der Waals surface area contributed by atoms with Crippen LogP contribution in [-0.4, -0.2) is 22.9 Å². The van der Waals surface area contributed by atoms with Crippen LogP contribution in [0.2, 0.25) is 0 Å². The molecular formula is C17H25N3. The highest BCUT2D eigenvalue weighted by Crippen LogP contribution is 2.15. The summed E-state index contributed by atoms with van der Waals surface area (Å²) in [6.45, 7) is 9.71. The Kier molecular flexibility index (Phi) is 5.36. The molecule has 0 saturated carbocycles. The van der Waals surface area contributed by atoms with Crippen LogP contribution < -0.4 is 5.32 Å². The van der Waals surface area contributed by atoms with E-state index in [1.807, 2.05) is 23.1 Å². The zero-order valence-electron chi connectivity index (χ0n) is 12.7. The molecule has 1 atom stereocenters. The van der Waals surface area contributed by atoms with Crippen molar-refractivity contribution in [1.82, 2.24) is 15.1 Å². The molecular weight excluding hydrogens is 246 g/mol. The van der Waals surface area contributed by atoms with Crippen molar-refractivity contribution in [2.75, 3.05) is 13.1 Å². The molecule has 20 heavy (non-hydrogen) atoms. The second kappa shape index (κ2) is 7.25. The lowest BCUT2D eigenvalue weighted by molar-refractivity contribution is 0.528. The van der Waals surface area contributed by atoms with Crippen molar-refractivity contribution in [3.8, 4) is 0 Å². The van der Waals surface area contributed by atoms with Gasteiger partial charge in [-0.05, 0) is 35.6 Å². The minimum atomic E-state index is 0.549. The van der Waals surface area contributed by atoms with Gasteiger partial charge < -0.3 is 5.32 Å². The lowest BCUT2D eigenvalue weighted by Gasteiger charge is -2.15. The van der Waals surface area contributed by atoms with Crippen molar-refractivity contribution in [2.45, 2.75) is 33.2 Å². The minimum absolute atomic E-state index is 0.549. The molecule has 0 aliphatic heterocycles. The quantitative estimate of drug-likeness (QED) is 0.837. The number of hydrogen-bond acceptors (Lipinski definition) is 2. The van der Waals surface area contributed by atoms with Crippen LogP contribution in [0.15, 0.2) is 42.7 Å². The van der Waals surface area contributed by atoms with Crippen LogP contribution >= 0.6 is 0 Å². The predicted molar refractivity (Wildman–Crippen MR) is 83.9 cm³/mol. The van der Waals surface area contributed by atoms with E-state index in [1.54, 1.807) is 0 Å². The average molecular weight is 271 g/mol. The standard InChI is InChI=1S/C17H25N3/c1-14(2)11-18-12-15(3)17-7-5-16(6-8-17)13-20-10-4-9-19-20/h4-10,14-15,18H,11-13H2,1-3H3. The maximum Gasteiger partial charge on any atom is 0.0659 e. The summed E-state index contributed by atoms with van der Waals surface area (Å²) in [5.41, 5.74) is 2.69. The number of nitrogens with zero attached hydrogens (tertiary/aromatic N) is 2. The summed E-state index contributed by atoms with van der Waals surface area (Å²) in [5, 5.41) is 7.75. The number of hydrogen-bond donors (Lipinski definition) is 1. The molecule has 0 bridgehead atoms. The monoisotopic (exact) mass is 271 g/mol. The number of rotatable bonds is 7. The van der Waals surface area contributed by atoms with Crippen molar-refractivity contribution in [2.24, 2.45) is 5.92 Å². The van der Waals surface area contributed by atoms with Gasteiger partial charge in [-0.15, -0.1) is 0 Å². The highest BCUT2D eigenvalue weighted by Gasteiger charge is 2.05. The SMILES string of the molecule is CC(C)CNCC(C)c1ccc(Cn2cccn2)cc1. The lowest BCUT2D eigenvalue weighted by Crippen LogP contribution is -2.24. The van der Waals surface area contributed by atoms with Crippen LogP contribution in [-0.2, 0) is 6.54 Å². The molecule has 0 fully saturated rings. The average Bonchev–Trinajstić information content (AvgIpc) is 2.92. The van der Waals surface area contributed by atoms with Gasteiger partial charge in [0.1, 0.15) is 0 Å². The Hall–Kier alpha value is -1.61. The fourth-order valence-corrected chi connectivity index (χ4v) is 2.24. The third-order valence-corrected chi connectivity index (χ3v) is 3.46. The van der Waals surface area contributed by atoms with Crippen LogP contribution in [0.25, 0.3) is 0 Å². The van der Waals surface area contributed by atoms with Gasteiger partial charge in [0.2, 0.25) is 0 Å². The molecule has 3 nitrogen and oxygen atoms in total. The van der Waals surface area contributed by atoms with Crippen LogP contribution in [0.5, 0.6) is 0 Å². The predicted octanol–water partition coefficient (Wildman–Crippen LogP) is 3.28. The molecule has 1 N–H and O–H groups in total. The van der Waals surface area contributed by atoms with Gasteiger partial charge in [0, 0.05) is 18.9 Å². The van der Waals surface area contributed by atoms with E-state index in [-0.39, 0.29) is 0 Å². The first-order chi connectivity index (χ1) is 9.65. The van der Waals surface area contributed by atoms with E-state index in [9.17, 15) is 0 Å². The summed E-state index contributed by atoms with van der Waals surface area (Å²) in [5.74, 6) is 1.26. The van der Waals surface area contributed by atoms with Crippen molar-refractivity contribution in [1.29, 1.82) is 0 Å². The summed E-state index contributed by atoms with van der Waals surface area (Å²) < 4.78 is 1.95. The molecule has 2 rings (SSSR count). The summed E-state index contributed by atoms with van der Waals surface area (Å²) >= 11 is 0. The Morgan fingerprint density at radius 2 is 1.85 bits per heavy atom. The zero-order valence-corrected chi connectivity index (χ0v) is 12.7. The molecule has 1 heterocycles. The van der Waals surface area contributed by atoms with E-state index in [0.29, 0.717) is 11.8 Å². The van der Waals surface area contributed by atoms with E-state index in [2.05, 4.69) is 55.5 Å². The molecule has 0 saturated heterocycles. The molecule has 0 aliphatic rings. The largest absolute Gasteiger partial charge is 0.316 e. The number of aromatic nitrogens is 2. The normalized spacial score (nSPS) is 12.8. The lowest BCUT2D eigenvalue weighted by atomic mass is 9.99. The Morgan fingerprint density at radius 3 is 2.45 bits per heavy atom. The molecule has 108 valence electrons. The minimum Gasteiger partial charge on any atom is -0.316 e. The third kappa shape index (κ3) is 4.49. The fourth-order valence-electron chi connectivity index (χ4n) is 2.24. The third-order valence-electron chi connectivity index (χ3n) is 3.46. The molecule has 2 aromatic rings. The Balaban J connectivity index is 1.87. The first-order valence-electron chi connectivity index (χ1n) is 7.42. The smallest absolute Gasteiger partial charge is 0.0659 e. The molecule has 0 radical (unpaired) electrons. The van der Waals surface area contributed by atoms with Crippen molar-refractivity contribution >= 4 is 0 Å². The second-order valence-electron chi connectivity index (χ2n) is 5.90. The Bertz CT molecular complexity index is 485. The van der Waals surface area contributed by atoms with E-state index < -0.39 is 0 Å². The molecule has 1 unspecified atom stereocenters. The van der Waals surface area contributed by atoms with Crippen molar-refractivity contribution in [3.05, 3.63) is 53.9 Å². The topological polar surface area (TPSA) is 29.9 Å². The van der Waals surface area contributed by atoms with Gasteiger partial charge in [0.25, 0.3) is 0 Å². The van der Waals surface area contributed by atoms with Gasteiger partial charge >= 0.3 is 0 Å². The molecule has 0 aliphatic carbocycles. The van der Waals surface area contributed by atoms with Gasteiger partial charge in [0.15, 0.2) is 0 Å². The highest BCUT2D eigenvalue weighted by atomic mass is 15.3. The van der Waals surface area contributed by atoms with Crippen molar-refractivity contribution < 1.29 is 0 Å². The van der Waals surface area contributed by atoms with Gasteiger partial charge in [-0.1, -0.05) is 45.0 Å². The Labute approximate surface area is 122 Å². The Morgan fingerprint density at radius 1 is 1.10 bits per heavy atom. The van der Waals surface area contributed by atoms with Gasteiger partial charge in [-0.25, -0.2) is 0 Å². The van der Waals surface area contributed by atoms with Crippen molar-refractivity contribution in [3.63, 3.8) is 0 Å². The van der Waals surface area contributed by atoms with Crippen LogP contribution in [0.1, 0.15) is 37.8 Å². The number of nitrogens with one attached hydrogen (secondary N) is 1. The molecule has 1 aromatic heterocycles. The van der Waals surface area contributed by atoms with Gasteiger partial charge in [-0.2, -0.15) is 5.10 Å². The van der Waals surface area contributed by atoms with Crippen LogP contribution in [0.3, 0.4) is 0 Å². The molecule has 0 amide bonds. The summed E-state index contributed by atoms with van der Waals surface area (Å²) in [6, 6.07) is 10.8. The summed E-state index contributed by atoms with van der Waals surface area (Å²) in [6.07, 6.45) is 3.81. The zero-order chi connectivity index (χ0) is 14.4. The van der Waals surface area contributed by atoms with E-state index in [0.717, 1.165) is 19.6 Å². The number of benzene rings is 1. The summed E-state index contributed by atoms with van der Waals surface area (Å²) in [4.78, 5) is 0. The van der Waals surface area contributed by atoms with E-state index >= 15 is 0 Å². The molecule has 3 heteroatoms. The van der Waals surface area contributed by atoms with Gasteiger partial charge in [0.05, 0.1) is 6.54 Å². The fraction of sp³-hybridized carbons (Fsp3) is 0.471. The maximum atomic E-state index is 4.23. The first kappa shape index (κ1) is 14.8. The highest BCUT2D eigenvalue weighted by molar-refractivity contribution is 5.25. The van der Waals surface area contributed by atoms with E-state index in [4.69, 9.17) is 0 Å². The van der Waals surface area contributed by atoms with E-state index in [1.165, 1.54) is 11.1 Å². The van der Waals surface area contributed by atoms with Crippen LogP contribution in [0, 0.1) is 5.92 Å². The van der Waals surface area contributed by atoms with Crippen LogP contribution in [0.4, 0.5) is 0 Å². The second-order valence-corrected chi connectivity index (χ2v) is 5.90. The maximum absolute atomic E-state index is 4.23. The first-order valence-corrected chi connectivity index (χ1v) is 7.42.